The Bertz CT molecular complexity index is 850. The lowest BCUT2D eigenvalue weighted by molar-refractivity contribution is -0.0161. The molecule has 3 aromatic rings. The van der Waals surface area contributed by atoms with Gasteiger partial charge in [-0.05, 0) is 24.3 Å². The summed E-state index contributed by atoms with van der Waals surface area (Å²) in [6.45, 7) is 2.99. The molecule has 0 radical (unpaired) electrons. The minimum atomic E-state index is 0.0881. The number of imidazole rings is 1. The number of benzene rings is 1. The molecule has 6 heteroatoms. The first kappa shape index (κ1) is 16.8. The van der Waals surface area contributed by atoms with Gasteiger partial charge in [-0.15, -0.1) is 0 Å². The molecule has 4 rings (SSSR count). The van der Waals surface area contributed by atoms with Crippen molar-refractivity contribution in [1.29, 1.82) is 0 Å². The summed E-state index contributed by atoms with van der Waals surface area (Å²) in [4.78, 5) is 14.9. The van der Waals surface area contributed by atoms with Gasteiger partial charge >= 0.3 is 0 Å². The molecule has 0 spiro atoms. The molecule has 26 heavy (non-hydrogen) atoms. The Morgan fingerprint density at radius 2 is 2.19 bits per heavy atom. The van der Waals surface area contributed by atoms with Gasteiger partial charge in [0.25, 0.3) is 0 Å². The zero-order chi connectivity index (χ0) is 17.8. The standard InChI is InChI=1S/C20H22N4O2/c1-25-17-7-4-5-15(11-17)18-12-22-20(23-18)19-14-26-10-9-24(19)13-16-6-2-3-8-21-16/h2-8,11-12,19H,9-10,13-14H2,1H3,(H,22,23)/t19-/m0/s1. The van der Waals surface area contributed by atoms with Gasteiger partial charge in [-0.2, -0.15) is 0 Å². The maximum absolute atomic E-state index is 5.71. The highest BCUT2D eigenvalue weighted by Crippen LogP contribution is 2.27. The van der Waals surface area contributed by atoms with Gasteiger partial charge < -0.3 is 14.5 Å². The fourth-order valence-corrected chi connectivity index (χ4v) is 3.22. The van der Waals surface area contributed by atoms with Crippen molar-refractivity contribution in [3.8, 4) is 17.0 Å². The Kier molecular flexibility index (Phi) is 4.95. The van der Waals surface area contributed by atoms with Crippen LogP contribution in [0.2, 0.25) is 0 Å². The molecule has 1 atom stereocenters. The predicted molar refractivity (Wildman–Crippen MR) is 98.8 cm³/mol. The number of hydrogen-bond donors (Lipinski definition) is 1. The summed E-state index contributed by atoms with van der Waals surface area (Å²) < 4.78 is 11.0. The van der Waals surface area contributed by atoms with Gasteiger partial charge in [0, 0.05) is 24.8 Å². The number of pyridine rings is 1. The van der Waals surface area contributed by atoms with E-state index < -0.39 is 0 Å². The van der Waals surface area contributed by atoms with Gasteiger partial charge in [-0.3, -0.25) is 9.88 Å². The van der Waals surface area contributed by atoms with Gasteiger partial charge in [-0.25, -0.2) is 4.98 Å². The summed E-state index contributed by atoms with van der Waals surface area (Å²) in [6, 6.07) is 14.1. The summed E-state index contributed by atoms with van der Waals surface area (Å²) in [5.74, 6) is 1.75. The largest absolute Gasteiger partial charge is 0.497 e. The number of nitrogens with one attached hydrogen (secondary N) is 1. The highest BCUT2D eigenvalue weighted by atomic mass is 16.5. The third kappa shape index (κ3) is 3.61. The number of methoxy groups -OCH3 is 1. The number of aromatic amines is 1. The smallest absolute Gasteiger partial charge is 0.126 e. The minimum absolute atomic E-state index is 0.0881. The van der Waals surface area contributed by atoms with Crippen LogP contribution < -0.4 is 4.74 Å². The second-order valence-electron chi connectivity index (χ2n) is 6.30. The van der Waals surface area contributed by atoms with E-state index in [1.165, 1.54) is 0 Å². The Labute approximate surface area is 152 Å². The first-order chi connectivity index (χ1) is 12.8. The van der Waals surface area contributed by atoms with E-state index in [1.807, 2.05) is 48.8 Å². The average Bonchev–Trinajstić information content (AvgIpc) is 3.19. The van der Waals surface area contributed by atoms with Crippen LogP contribution in [-0.2, 0) is 11.3 Å². The zero-order valence-electron chi connectivity index (χ0n) is 14.8. The van der Waals surface area contributed by atoms with Crippen molar-refractivity contribution in [3.63, 3.8) is 0 Å². The van der Waals surface area contributed by atoms with Gasteiger partial charge in [0.2, 0.25) is 0 Å². The molecule has 1 saturated heterocycles. The molecule has 1 aliphatic heterocycles. The molecule has 0 aliphatic carbocycles. The second kappa shape index (κ2) is 7.68. The molecule has 1 N–H and O–H groups in total. The lowest BCUT2D eigenvalue weighted by Gasteiger charge is -2.34. The summed E-state index contributed by atoms with van der Waals surface area (Å²) in [5.41, 5.74) is 3.08. The third-order valence-corrected chi connectivity index (χ3v) is 4.62. The van der Waals surface area contributed by atoms with Crippen LogP contribution in [-0.4, -0.2) is 46.7 Å². The van der Waals surface area contributed by atoms with Crippen LogP contribution >= 0.6 is 0 Å². The van der Waals surface area contributed by atoms with E-state index in [-0.39, 0.29) is 6.04 Å². The van der Waals surface area contributed by atoms with Gasteiger partial charge in [0.15, 0.2) is 0 Å². The number of morpholine rings is 1. The fourth-order valence-electron chi connectivity index (χ4n) is 3.22. The first-order valence-electron chi connectivity index (χ1n) is 8.74. The number of aromatic nitrogens is 3. The number of rotatable bonds is 5. The Balaban J connectivity index is 1.56. The molecule has 3 heterocycles. The van der Waals surface area contributed by atoms with E-state index in [9.17, 15) is 0 Å². The molecule has 0 unspecified atom stereocenters. The lowest BCUT2D eigenvalue weighted by atomic mass is 10.1. The van der Waals surface area contributed by atoms with E-state index in [2.05, 4.69) is 25.9 Å². The zero-order valence-corrected chi connectivity index (χ0v) is 14.8. The van der Waals surface area contributed by atoms with Crippen molar-refractivity contribution in [1.82, 2.24) is 19.9 Å². The van der Waals surface area contributed by atoms with Crippen LogP contribution in [0.25, 0.3) is 11.3 Å². The Morgan fingerprint density at radius 3 is 3.04 bits per heavy atom. The molecular weight excluding hydrogens is 328 g/mol. The van der Waals surface area contributed by atoms with E-state index in [1.54, 1.807) is 7.11 Å². The highest BCUT2D eigenvalue weighted by Gasteiger charge is 2.27. The van der Waals surface area contributed by atoms with Crippen LogP contribution in [0, 0.1) is 0 Å². The molecule has 6 nitrogen and oxygen atoms in total. The molecule has 1 aromatic carbocycles. The molecule has 0 amide bonds. The number of hydrogen-bond acceptors (Lipinski definition) is 5. The monoisotopic (exact) mass is 350 g/mol. The van der Waals surface area contributed by atoms with Crippen LogP contribution in [0.4, 0.5) is 0 Å². The van der Waals surface area contributed by atoms with E-state index in [0.717, 1.165) is 48.2 Å². The van der Waals surface area contributed by atoms with Crippen molar-refractivity contribution >= 4 is 0 Å². The van der Waals surface area contributed by atoms with Gasteiger partial charge in [0.1, 0.15) is 11.6 Å². The maximum atomic E-state index is 5.71. The van der Waals surface area contributed by atoms with Crippen LogP contribution in [0.3, 0.4) is 0 Å². The summed E-state index contributed by atoms with van der Waals surface area (Å²) >= 11 is 0. The highest BCUT2D eigenvalue weighted by molar-refractivity contribution is 5.60. The molecule has 134 valence electrons. The molecule has 0 bridgehead atoms. The second-order valence-corrected chi connectivity index (χ2v) is 6.30. The summed E-state index contributed by atoms with van der Waals surface area (Å²) in [7, 11) is 1.67. The van der Waals surface area contributed by atoms with Crippen molar-refractivity contribution < 1.29 is 9.47 Å². The predicted octanol–water partition coefficient (Wildman–Crippen LogP) is 3.05. The van der Waals surface area contributed by atoms with E-state index in [0.29, 0.717) is 6.61 Å². The molecule has 1 aliphatic rings. The normalized spacial score (nSPS) is 18.0. The fraction of sp³-hybridized carbons (Fsp3) is 0.300. The molecular formula is C20H22N4O2. The number of ether oxygens (including phenoxy) is 2. The van der Waals surface area contributed by atoms with Crippen molar-refractivity contribution in [2.45, 2.75) is 12.6 Å². The Morgan fingerprint density at radius 1 is 1.23 bits per heavy atom. The van der Waals surface area contributed by atoms with E-state index >= 15 is 0 Å². The maximum Gasteiger partial charge on any atom is 0.126 e. The van der Waals surface area contributed by atoms with Gasteiger partial charge in [-0.1, -0.05) is 18.2 Å². The topological polar surface area (TPSA) is 63.3 Å². The van der Waals surface area contributed by atoms with Crippen LogP contribution in [0.15, 0.2) is 54.9 Å². The lowest BCUT2D eigenvalue weighted by Crippen LogP contribution is -2.39. The summed E-state index contributed by atoms with van der Waals surface area (Å²) in [6.07, 6.45) is 3.70. The number of nitrogens with zero attached hydrogens (tertiary/aromatic N) is 3. The summed E-state index contributed by atoms with van der Waals surface area (Å²) in [5, 5.41) is 0. The molecule has 0 saturated carbocycles. The van der Waals surface area contributed by atoms with E-state index in [4.69, 9.17) is 9.47 Å². The van der Waals surface area contributed by atoms with Crippen molar-refractivity contribution in [2.75, 3.05) is 26.9 Å². The third-order valence-electron chi connectivity index (χ3n) is 4.62. The van der Waals surface area contributed by atoms with Crippen LogP contribution in [0.5, 0.6) is 5.75 Å². The SMILES string of the molecule is COc1cccc(-c2cnc([C@@H]3COCCN3Cc3ccccn3)[nH]2)c1. The van der Waals surface area contributed by atoms with Crippen molar-refractivity contribution in [3.05, 3.63) is 66.4 Å². The van der Waals surface area contributed by atoms with Gasteiger partial charge in [0.05, 0.1) is 44.0 Å². The Hall–Kier alpha value is -2.70. The number of H-pyrrole nitrogens is 1. The average molecular weight is 350 g/mol. The molecule has 2 aromatic heterocycles. The first-order valence-corrected chi connectivity index (χ1v) is 8.74. The molecule has 1 fully saturated rings. The minimum Gasteiger partial charge on any atom is -0.497 e. The quantitative estimate of drug-likeness (QED) is 0.766. The van der Waals surface area contributed by atoms with Crippen molar-refractivity contribution in [2.24, 2.45) is 0 Å². The van der Waals surface area contributed by atoms with Crippen LogP contribution in [0.1, 0.15) is 17.6 Å².